The third-order valence-corrected chi connectivity index (χ3v) is 7.81. The van der Waals surface area contributed by atoms with Crippen LogP contribution in [0.4, 0.5) is 0 Å². The molecule has 1 aliphatic heterocycles. The van der Waals surface area contributed by atoms with E-state index < -0.39 is 15.9 Å². The fourth-order valence-corrected chi connectivity index (χ4v) is 5.99. The number of nitrogens with zero attached hydrogens (tertiary/aromatic N) is 1. The Kier molecular flexibility index (Phi) is 7.46. The number of amides is 2. The lowest BCUT2D eigenvalue weighted by Crippen LogP contribution is -2.38. The van der Waals surface area contributed by atoms with E-state index in [1.54, 1.807) is 24.6 Å². The van der Waals surface area contributed by atoms with Crippen LogP contribution >= 0.6 is 11.3 Å². The molecule has 1 aromatic heterocycles. The highest BCUT2D eigenvalue weighted by Crippen LogP contribution is 2.27. The molecule has 0 atom stereocenters. The van der Waals surface area contributed by atoms with Gasteiger partial charge in [-0.15, -0.1) is 11.3 Å². The quantitative estimate of drug-likeness (QED) is 0.639. The number of carbonyl (C=O) groups is 2. The molecule has 162 valence electrons. The van der Waals surface area contributed by atoms with Gasteiger partial charge in [0, 0.05) is 19.6 Å². The average Bonchev–Trinajstić information content (AvgIpc) is 3.28. The molecule has 3 rings (SSSR count). The summed E-state index contributed by atoms with van der Waals surface area (Å²) in [7, 11) is -2.13. The topological polar surface area (TPSA) is 105 Å². The van der Waals surface area contributed by atoms with Crippen LogP contribution in [-0.4, -0.2) is 51.3 Å². The van der Waals surface area contributed by atoms with Crippen molar-refractivity contribution in [3.8, 4) is 5.75 Å². The van der Waals surface area contributed by atoms with Gasteiger partial charge in [-0.05, 0) is 42.0 Å². The van der Waals surface area contributed by atoms with Crippen molar-refractivity contribution in [2.24, 2.45) is 0 Å². The fraction of sp³-hybridized carbons (Fsp3) is 0.400. The Morgan fingerprint density at radius 2 is 1.77 bits per heavy atom. The summed E-state index contributed by atoms with van der Waals surface area (Å²) in [5.74, 6) is -0.208. The van der Waals surface area contributed by atoms with Gasteiger partial charge in [-0.1, -0.05) is 18.6 Å². The summed E-state index contributed by atoms with van der Waals surface area (Å²) in [6.07, 6.45) is 2.65. The van der Waals surface area contributed by atoms with Crippen LogP contribution in [-0.2, 0) is 21.4 Å². The average molecular weight is 452 g/mol. The van der Waals surface area contributed by atoms with Gasteiger partial charge in [0.05, 0.1) is 13.7 Å². The SMILES string of the molecule is COc1ccc(CNC(=O)CNC(=O)c2sccc2S(=O)(=O)N2CCCCC2)cc1. The molecular formula is C20H25N3O5S2. The van der Waals surface area contributed by atoms with Gasteiger partial charge in [0.15, 0.2) is 0 Å². The molecular weight excluding hydrogens is 426 g/mol. The van der Waals surface area contributed by atoms with Gasteiger partial charge in [0.1, 0.15) is 15.5 Å². The third kappa shape index (κ3) is 5.38. The first kappa shape index (κ1) is 22.3. The number of piperidine rings is 1. The van der Waals surface area contributed by atoms with Crippen LogP contribution in [0.15, 0.2) is 40.6 Å². The zero-order valence-electron chi connectivity index (χ0n) is 16.7. The highest BCUT2D eigenvalue weighted by Gasteiger charge is 2.31. The van der Waals surface area contributed by atoms with Crippen LogP contribution in [0.1, 0.15) is 34.5 Å². The molecule has 2 heterocycles. The lowest BCUT2D eigenvalue weighted by molar-refractivity contribution is -0.120. The van der Waals surface area contributed by atoms with E-state index >= 15 is 0 Å². The van der Waals surface area contributed by atoms with Crippen LogP contribution < -0.4 is 15.4 Å². The first-order chi connectivity index (χ1) is 14.4. The number of hydrogen-bond acceptors (Lipinski definition) is 6. The summed E-state index contributed by atoms with van der Waals surface area (Å²) in [5, 5.41) is 6.81. The van der Waals surface area contributed by atoms with Gasteiger partial charge in [-0.3, -0.25) is 9.59 Å². The maximum atomic E-state index is 12.9. The molecule has 8 nitrogen and oxygen atoms in total. The van der Waals surface area contributed by atoms with E-state index in [0.29, 0.717) is 19.6 Å². The molecule has 1 aromatic carbocycles. The Balaban J connectivity index is 1.55. The van der Waals surface area contributed by atoms with Crippen LogP contribution in [0.5, 0.6) is 5.75 Å². The van der Waals surface area contributed by atoms with Gasteiger partial charge in [-0.2, -0.15) is 4.31 Å². The van der Waals surface area contributed by atoms with Crippen molar-refractivity contribution < 1.29 is 22.7 Å². The summed E-state index contributed by atoms with van der Waals surface area (Å²) < 4.78 is 32.3. The summed E-state index contributed by atoms with van der Waals surface area (Å²) in [5.41, 5.74) is 0.892. The van der Waals surface area contributed by atoms with Crippen molar-refractivity contribution >= 4 is 33.2 Å². The minimum atomic E-state index is -3.71. The molecule has 0 radical (unpaired) electrons. The predicted molar refractivity (Wildman–Crippen MR) is 114 cm³/mol. The first-order valence-corrected chi connectivity index (χ1v) is 12.0. The molecule has 1 saturated heterocycles. The largest absolute Gasteiger partial charge is 0.497 e. The van der Waals surface area contributed by atoms with Crippen molar-refractivity contribution in [1.29, 1.82) is 0 Å². The highest BCUT2D eigenvalue weighted by atomic mass is 32.2. The number of hydrogen-bond donors (Lipinski definition) is 2. The minimum absolute atomic E-state index is 0.00513. The molecule has 2 amide bonds. The normalized spacial score (nSPS) is 14.8. The summed E-state index contributed by atoms with van der Waals surface area (Å²) in [4.78, 5) is 24.7. The van der Waals surface area contributed by atoms with Crippen molar-refractivity contribution in [3.63, 3.8) is 0 Å². The number of rotatable bonds is 8. The minimum Gasteiger partial charge on any atom is -0.497 e. The van der Waals surface area contributed by atoms with Gasteiger partial charge < -0.3 is 15.4 Å². The highest BCUT2D eigenvalue weighted by molar-refractivity contribution is 7.89. The Morgan fingerprint density at radius 1 is 1.07 bits per heavy atom. The van der Waals surface area contributed by atoms with E-state index in [0.717, 1.165) is 41.9 Å². The van der Waals surface area contributed by atoms with Gasteiger partial charge in [-0.25, -0.2) is 8.42 Å². The summed E-state index contributed by atoms with van der Waals surface area (Å²) in [6.45, 7) is 1.00. The molecule has 2 aromatic rings. The van der Waals surface area contributed by atoms with E-state index in [1.807, 2.05) is 12.1 Å². The van der Waals surface area contributed by atoms with Crippen LogP contribution in [0.3, 0.4) is 0 Å². The molecule has 0 bridgehead atoms. The summed E-state index contributed by atoms with van der Waals surface area (Å²) >= 11 is 1.05. The number of thiophene rings is 1. The second-order valence-corrected chi connectivity index (χ2v) is 9.71. The number of ether oxygens (including phenoxy) is 1. The zero-order valence-corrected chi connectivity index (χ0v) is 18.4. The lowest BCUT2D eigenvalue weighted by atomic mass is 10.2. The second kappa shape index (κ2) is 10.1. The number of benzene rings is 1. The molecule has 0 aliphatic carbocycles. The lowest BCUT2D eigenvalue weighted by Gasteiger charge is -2.25. The smallest absolute Gasteiger partial charge is 0.263 e. The van der Waals surface area contributed by atoms with Crippen molar-refractivity contribution in [2.45, 2.75) is 30.7 Å². The van der Waals surface area contributed by atoms with Gasteiger partial charge in [0.25, 0.3) is 5.91 Å². The molecule has 0 saturated carbocycles. The van der Waals surface area contributed by atoms with E-state index in [1.165, 1.54) is 10.4 Å². The Bertz CT molecular complexity index is 980. The molecule has 0 spiro atoms. The van der Waals surface area contributed by atoms with E-state index in [9.17, 15) is 18.0 Å². The third-order valence-electron chi connectivity index (χ3n) is 4.83. The maximum Gasteiger partial charge on any atom is 0.263 e. The predicted octanol–water partition coefficient (Wildman–Crippen LogP) is 1.98. The Morgan fingerprint density at radius 3 is 2.43 bits per heavy atom. The van der Waals surface area contributed by atoms with Crippen LogP contribution in [0.25, 0.3) is 0 Å². The standard InChI is InChI=1S/C20H25N3O5S2/c1-28-16-7-5-15(6-8-16)13-21-18(24)14-22-20(25)19-17(9-12-29-19)30(26,27)23-10-3-2-4-11-23/h5-9,12H,2-4,10-11,13-14H2,1H3,(H,21,24)(H,22,25). The molecule has 1 aliphatic rings. The summed E-state index contributed by atoms with van der Waals surface area (Å²) in [6, 6.07) is 8.71. The zero-order chi connectivity index (χ0) is 21.6. The first-order valence-electron chi connectivity index (χ1n) is 9.67. The monoisotopic (exact) mass is 451 g/mol. The molecule has 1 fully saturated rings. The Labute approximate surface area is 180 Å². The Hall–Kier alpha value is -2.43. The van der Waals surface area contributed by atoms with Gasteiger partial charge >= 0.3 is 0 Å². The molecule has 30 heavy (non-hydrogen) atoms. The van der Waals surface area contributed by atoms with Crippen LogP contribution in [0.2, 0.25) is 0 Å². The van der Waals surface area contributed by atoms with Crippen molar-refractivity contribution in [1.82, 2.24) is 14.9 Å². The van der Waals surface area contributed by atoms with Crippen LogP contribution in [0, 0.1) is 0 Å². The number of sulfonamides is 1. The van der Waals surface area contributed by atoms with E-state index in [2.05, 4.69) is 10.6 Å². The molecule has 0 unspecified atom stereocenters. The van der Waals surface area contributed by atoms with Crippen molar-refractivity contribution in [2.75, 3.05) is 26.7 Å². The van der Waals surface area contributed by atoms with Gasteiger partial charge in [0.2, 0.25) is 15.9 Å². The second-order valence-electron chi connectivity index (χ2n) is 6.89. The molecule has 2 N–H and O–H groups in total. The van der Waals surface area contributed by atoms with E-state index in [-0.39, 0.29) is 22.2 Å². The number of nitrogens with one attached hydrogen (secondary N) is 2. The fourth-order valence-electron chi connectivity index (χ4n) is 3.16. The molecule has 10 heteroatoms. The number of carbonyl (C=O) groups excluding carboxylic acids is 2. The maximum absolute atomic E-state index is 12.9. The van der Waals surface area contributed by atoms with Crippen molar-refractivity contribution in [3.05, 3.63) is 46.2 Å². The number of methoxy groups -OCH3 is 1. The van der Waals surface area contributed by atoms with E-state index in [4.69, 9.17) is 4.74 Å².